The van der Waals surface area contributed by atoms with Gasteiger partial charge in [0.15, 0.2) is 0 Å². The maximum Gasteiger partial charge on any atom is 0.270 e. The molecule has 116 valence electrons. The first-order chi connectivity index (χ1) is 11.1. The molecule has 0 N–H and O–H groups in total. The molecule has 0 spiro atoms. The summed E-state index contributed by atoms with van der Waals surface area (Å²) >= 11 is 0. The Labute approximate surface area is 133 Å². The van der Waals surface area contributed by atoms with Crippen LogP contribution in [0.15, 0.2) is 59.7 Å². The highest BCUT2D eigenvalue weighted by Gasteiger charge is 2.20. The van der Waals surface area contributed by atoms with Crippen molar-refractivity contribution in [3.63, 3.8) is 0 Å². The van der Waals surface area contributed by atoms with E-state index in [0.29, 0.717) is 12.2 Å². The number of rotatable bonds is 3. The summed E-state index contributed by atoms with van der Waals surface area (Å²) in [5.41, 5.74) is 2.06. The summed E-state index contributed by atoms with van der Waals surface area (Å²) < 4.78 is 1.39. The number of pyridine rings is 1. The van der Waals surface area contributed by atoms with E-state index in [0.717, 1.165) is 11.3 Å². The molecule has 0 unspecified atom stereocenters. The van der Waals surface area contributed by atoms with Crippen molar-refractivity contribution < 1.29 is 4.79 Å². The van der Waals surface area contributed by atoms with Gasteiger partial charge >= 0.3 is 0 Å². The Morgan fingerprint density at radius 1 is 1.22 bits per heavy atom. The number of aromatic nitrogens is 2. The zero-order valence-electron chi connectivity index (χ0n) is 13.1. The maximum atomic E-state index is 12.8. The Bertz CT molecular complexity index is 931. The number of benzene rings is 1. The third kappa shape index (κ3) is 2.73. The third-order valence-electron chi connectivity index (χ3n) is 3.72. The Hall–Kier alpha value is -2.95. The van der Waals surface area contributed by atoms with Crippen molar-refractivity contribution in [2.75, 3.05) is 11.4 Å². The van der Waals surface area contributed by atoms with E-state index < -0.39 is 0 Å². The Kier molecular flexibility index (Phi) is 3.93. The number of anilines is 1. The third-order valence-corrected chi connectivity index (χ3v) is 3.72. The number of hydrogen-bond acceptors (Lipinski definition) is 3. The summed E-state index contributed by atoms with van der Waals surface area (Å²) in [4.78, 5) is 31.2. The molecule has 1 aromatic carbocycles. The second-order valence-corrected chi connectivity index (χ2v) is 5.29. The van der Waals surface area contributed by atoms with Gasteiger partial charge in [-0.3, -0.25) is 14.0 Å². The van der Waals surface area contributed by atoms with Crippen molar-refractivity contribution >= 4 is 17.2 Å². The number of carbonyl (C=O) groups excluding carboxylic acids is 1. The molecule has 0 atom stereocenters. The van der Waals surface area contributed by atoms with E-state index in [1.807, 2.05) is 38.1 Å². The van der Waals surface area contributed by atoms with Crippen LogP contribution in [0, 0.1) is 6.92 Å². The Morgan fingerprint density at radius 3 is 2.78 bits per heavy atom. The lowest BCUT2D eigenvalue weighted by Crippen LogP contribution is -2.36. The number of hydrogen-bond donors (Lipinski definition) is 0. The van der Waals surface area contributed by atoms with Crippen molar-refractivity contribution in [1.82, 2.24) is 9.38 Å². The Morgan fingerprint density at radius 2 is 2.04 bits per heavy atom. The first kappa shape index (κ1) is 15.0. The number of carbonyl (C=O) groups is 1. The molecule has 3 rings (SSSR count). The van der Waals surface area contributed by atoms with E-state index in [4.69, 9.17) is 0 Å². The average molecular weight is 307 g/mol. The molecule has 2 aromatic heterocycles. The monoisotopic (exact) mass is 307 g/mol. The van der Waals surface area contributed by atoms with Crippen LogP contribution in [-0.4, -0.2) is 21.8 Å². The molecule has 0 aliphatic carbocycles. The maximum absolute atomic E-state index is 12.8. The van der Waals surface area contributed by atoms with Gasteiger partial charge in [-0.1, -0.05) is 18.2 Å². The van der Waals surface area contributed by atoms with Gasteiger partial charge in [0.1, 0.15) is 11.2 Å². The van der Waals surface area contributed by atoms with Crippen LogP contribution < -0.4 is 10.5 Å². The van der Waals surface area contributed by atoms with Gasteiger partial charge in [-0.2, -0.15) is 0 Å². The highest BCUT2D eigenvalue weighted by molar-refractivity contribution is 6.05. The number of amides is 1. The van der Waals surface area contributed by atoms with Crippen LogP contribution in [0.25, 0.3) is 5.65 Å². The van der Waals surface area contributed by atoms with Crippen LogP contribution in [0.3, 0.4) is 0 Å². The smallest absolute Gasteiger partial charge is 0.270 e. The molecule has 1 amide bonds. The van der Waals surface area contributed by atoms with Crippen LogP contribution in [0.4, 0.5) is 5.69 Å². The first-order valence-electron chi connectivity index (χ1n) is 7.46. The molecule has 0 aliphatic heterocycles. The second kappa shape index (κ2) is 6.04. The van der Waals surface area contributed by atoms with Crippen molar-refractivity contribution in [3.05, 3.63) is 76.3 Å². The van der Waals surface area contributed by atoms with Crippen LogP contribution in [0.2, 0.25) is 0 Å². The zero-order valence-corrected chi connectivity index (χ0v) is 13.1. The molecule has 3 aromatic rings. The van der Waals surface area contributed by atoms with Crippen LogP contribution in [0.1, 0.15) is 22.8 Å². The molecule has 23 heavy (non-hydrogen) atoms. The Balaban J connectivity index is 2.08. The summed E-state index contributed by atoms with van der Waals surface area (Å²) in [6, 6.07) is 12.9. The molecule has 0 saturated carbocycles. The predicted molar refractivity (Wildman–Crippen MR) is 90.0 cm³/mol. The molecular formula is C18H17N3O2. The van der Waals surface area contributed by atoms with E-state index in [1.54, 1.807) is 29.3 Å². The van der Waals surface area contributed by atoms with Crippen LogP contribution in [0.5, 0.6) is 0 Å². The highest BCUT2D eigenvalue weighted by atomic mass is 16.2. The number of nitrogens with zero attached hydrogens (tertiary/aromatic N) is 3. The largest absolute Gasteiger partial charge is 0.308 e. The van der Waals surface area contributed by atoms with E-state index in [-0.39, 0.29) is 17.0 Å². The summed E-state index contributed by atoms with van der Waals surface area (Å²) in [6.45, 7) is 4.32. The summed E-state index contributed by atoms with van der Waals surface area (Å²) in [5, 5.41) is 0. The molecular weight excluding hydrogens is 290 g/mol. The van der Waals surface area contributed by atoms with Gasteiger partial charge in [-0.15, -0.1) is 0 Å². The summed E-state index contributed by atoms with van der Waals surface area (Å²) in [6.07, 6.45) is 2.98. The van der Waals surface area contributed by atoms with Crippen molar-refractivity contribution in [3.8, 4) is 0 Å². The predicted octanol–water partition coefficient (Wildman–Crippen LogP) is 2.67. The van der Waals surface area contributed by atoms with Gasteiger partial charge in [-0.25, -0.2) is 4.98 Å². The topological polar surface area (TPSA) is 54.7 Å². The van der Waals surface area contributed by atoms with Gasteiger partial charge in [0.05, 0.1) is 0 Å². The molecule has 5 heteroatoms. The molecule has 0 fully saturated rings. The minimum absolute atomic E-state index is 0.0667. The molecule has 0 bridgehead atoms. The van der Waals surface area contributed by atoms with E-state index in [2.05, 4.69) is 4.98 Å². The molecule has 2 heterocycles. The lowest BCUT2D eigenvalue weighted by atomic mass is 10.2. The quantitative estimate of drug-likeness (QED) is 0.747. The lowest BCUT2D eigenvalue weighted by molar-refractivity contribution is 0.0986. The summed E-state index contributed by atoms with van der Waals surface area (Å²) in [5.74, 6) is -0.339. The van der Waals surface area contributed by atoms with Gasteiger partial charge in [0, 0.05) is 24.6 Å². The molecule has 0 aliphatic rings. The van der Waals surface area contributed by atoms with Crippen molar-refractivity contribution in [1.29, 1.82) is 0 Å². The van der Waals surface area contributed by atoms with E-state index in [9.17, 15) is 9.59 Å². The van der Waals surface area contributed by atoms with E-state index in [1.165, 1.54) is 10.6 Å². The summed E-state index contributed by atoms with van der Waals surface area (Å²) in [7, 11) is 0. The fourth-order valence-electron chi connectivity index (χ4n) is 2.56. The van der Waals surface area contributed by atoms with Crippen molar-refractivity contribution in [2.45, 2.75) is 13.8 Å². The fraction of sp³-hybridized carbons (Fsp3) is 0.167. The van der Waals surface area contributed by atoms with Gasteiger partial charge in [-0.05, 0) is 43.7 Å². The second-order valence-electron chi connectivity index (χ2n) is 5.29. The van der Waals surface area contributed by atoms with Crippen LogP contribution >= 0.6 is 0 Å². The molecule has 0 saturated heterocycles. The van der Waals surface area contributed by atoms with Crippen LogP contribution in [-0.2, 0) is 0 Å². The first-order valence-corrected chi connectivity index (χ1v) is 7.46. The van der Waals surface area contributed by atoms with Gasteiger partial charge in [0.25, 0.3) is 11.5 Å². The van der Waals surface area contributed by atoms with Gasteiger partial charge in [0.2, 0.25) is 0 Å². The van der Waals surface area contributed by atoms with E-state index >= 15 is 0 Å². The SMILES string of the molecule is CCN(C(=O)c1cnc2ccccn2c1=O)c1cccc(C)c1. The normalized spacial score (nSPS) is 10.7. The number of fused-ring (bicyclic) bond motifs is 1. The zero-order chi connectivity index (χ0) is 16.4. The van der Waals surface area contributed by atoms with Gasteiger partial charge < -0.3 is 4.90 Å². The lowest BCUT2D eigenvalue weighted by Gasteiger charge is -2.21. The average Bonchev–Trinajstić information content (AvgIpc) is 2.56. The molecule has 0 radical (unpaired) electrons. The molecule has 5 nitrogen and oxygen atoms in total. The standard InChI is InChI=1S/C18H17N3O2/c1-3-20(14-8-6-7-13(2)11-14)17(22)15-12-19-16-9-4-5-10-21(16)18(15)23/h4-12H,3H2,1-2H3. The number of aryl methyl sites for hydroxylation is 1. The van der Waals surface area contributed by atoms with Crippen molar-refractivity contribution in [2.24, 2.45) is 0 Å². The minimum atomic E-state index is -0.355. The highest BCUT2D eigenvalue weighted by Crippen LogP contribution is 2.17. The fourth-order valence-corrected chi connectivity index (χ4v) is 2.56. The minimum Gasteiger partial charge on any atom is -0.308 e.